The van der Waals surface area contributed by atoms with E-state index in [0.717, 1.165) is 31.2 Å². The van der Waals surface area contributed by atoms with Crippen molar-refractivity contribution in [3.8, 4) is 0 Å². The summed E-state index contributed by atoms with van der Waals surface area (Å²) < 4.78 is 13.1. The molecule has 4 atom stereocenters. The van der Waals surface area contributed by atoms with Crippen LogP contribution >= 0.6 is 0 Å². The molecule has 6 heteroatoms. The van der Waals surface area contributed by atoms with Gasteiger partial charge in [0.2, 0.25) is 5.91 Å². The molecular weight excluding hydrogens is 335 g/mol. The van der Waals surface area contributed by atoms with Crippen molar-refractivity contribution in [2.45, 2.75) is 57.2 Å². The highest BCUT2D eigenvalue weighted by Gasteiger charge is 2.46. The van der Waals surface area contributed by atoms with Crippen LogP contribution in [0.3, 0.4) is 0 Å². The number of halogens is 1. The minimum Gasteiger partial charge on any atom is -0.480 e. The second-order valence-electron chi connectivity index (χ2n) is 7.61. The summed E-state index contributed by atoms with van der Waals surface area (Å²) >= 11 is 0. The first-order chi connectivity index (χ1) is 12.4. The second-order valence-corrected chi connectivity index (χ2v) is 7.61. The van der Waals surface area contributed by atoms with Gasteiger partial charge in [-0.1, -0.05) is 25.0 Å². The summed E-state index contributed by atoms with van der Waals surface area (Å²) in [6.45, 7) is 2.02. The Balaban J connectivity index is 1.70. The first-order valence-corrected chi connectivity index (χ1v) is 9.38. The van der Waals surface area contributed by atoms with Crippen LogP contribution in [0, 0.1) is 11.7 Å². The van der Waals surface area contributed by atoms with Crippen molar-refractivity contribution in [2.75, 3.05) is 13.6 Å². The quantitative estimate of drug-likeness (QED) is 0.875. The van der Waals surface area contributed by atoms with Crippen LogP contribution in [0.1, 0.15) is 50.6 Å². The Morgan fingerprint density at radius 2 is 1.92 bits per heavy atom. The van der Waals surface area contributed by atoms with Gasteiger partial charge in [0.15, 0.2) is 0 Å². The lowest BCUT2D eigenvalue weighted by Gasteiger charge is -2.34. The monoisotopic (exact) mass is 362 g/mol. The molecule has 1 amide bonds. The van der Waals surface area contributed by atoms with Gasteiger partial charge in [0.25, 0.3) is 0 Å². The van der Waals surface area contributed by atoms with Crippen molar-refractivity contribution < 1.29 is 19.1 Å². The van der Waals surface area contributed by atoms with E-state index in [1.54, 1.807) is 24.1 Å². The largest absolute Gasteiger partial charge is 0.480 e. The van der Waals surface area contributed by atoms with Gasteiger partial charge in [0, 0.05) is 13.1 Å². The normalized spacial score (nSPS) is 27.0. The molecule has 0 spiro atoms. The number of amides is 1. The number of hydrogen-bond donors (Lipinski definition) is 1. The Morgan fingerprint density at radius 3 is 2.58 bits per heavy atom. The standard InChI is InChI=1S/C20H27FN2O3/c1-13(14-7-9-16(21)10-8-14)22(2)19(24)12-23-17-6-4-3-5-15(17)11-18(23)20(25)26/h7-10,13,15,17-18H,3-6,11-12H2,1-2H3,(H,25,26). The van der Waals surface area contributed by atoms with Gasteiger partial charge in [-0.15, -0.1) is 0 Å². The van der Waals surface area contributed by atoms with E-state index >= 15 is 0 Å². The highest BCUT2D eigenvalue weighted by atomic mass is 19.1. The average Bonchev–Trinajstić information content (AvgIpc) is 3.00. The number of carbonyl (C=O) groups is 2. The van der Waals surface area contributed by atoms with Crippen LogP contribution in [-0.4, -0.2) is 52.5 Å². The molecule has 26 heavy (non-hydrogen) atoms. The number of aliphatic carboxylic acids is 1. The smallest absolute Gasteiger partial charge is 0.320 e. The van der Waals surface area contributed by atoms with E-state index in [-0.39, 0.29) is 30.4 Å². The number of carboxylic acid groups (broad SMARTS) is 1. The van der Waals surface area contributed by atoms with Gasteiger partial charge in [-0.3, -0.25) is 14.5 Å². The van der Waals surface area contributed by atoms with Crippen molar-refractivity contribution in [3.05, 3.63) is 35.6 Å². The Hall–Kier alpha value is -1.95. The Kier molecular flexibility index (Phi) is 5.61. The fraction of sp³-hybridized carbons (Fsp3) is 0.600. The molecule has 2 fully saturated rings. The summed E-state index contributed by atoms with van der Waals surface area (Å²) in [6.07, 6.45) is 4.92. The van der Waals surface area contributed by atoms with E-state index in [2.05, 4.69) is 0 Å². The molecule has 1 aliphatic heterocycles. The van der Waals surface area contributed by atoms with Crippen LogP contribution in [0.4, 0.5) is 4.39 Å². The predicted molar refractivity (Wildman–Crippen MR) is 96.1 cm³/mol. The molecule has 4 unspecified atom stereocenters. The molecule has 1 aliphatic carbocycles. The first kappa shape index (κ1) is 18.8. The van der Waals surface area contributed by atoms with Crippen LogP contribution < -0.4 is 0 Å². The van der Waals surface area contributed by atoms with Gasteiger partial charge in [-0.05, 0) is 49.8 Å². The molecule has 1 heterocycles. The number of likely N-dealkylation sites (tertiary alicyclic amines) is 1. The Morgan fingerprint density at radius 1 is 1.27 bits per heavy atom. The van der Waals surface area contributed by atoms with Gasteiger partial charge >= 0.3 is 5.97 Å². The van der Waals surface area contributed by atoms with Crippen LogP contribution in [0.5, 0.6) is 0 Å². The highest BCUT2D eigenvalue weighted by Crippen LogP contribution is 2.39. The van der Waals surface area contributed by atoms with Crippen LogP contribution in [0.25, 0.3) is 0 Å². The second kappa shape index (κ2) is 7.74. The minimum absolute atomic E-state index is 0.0979. The molecule has 142 valence electrons. The van der Waals surface area contributed by atoms with E-state index in [1.165, 1.54) is 12.1 Å². The van der Waals surface area contributed by atoms with Crippen molar-refractivity contribution in [1.29, 1.82) is 0 Å². The van der Waals surface area contributed by atoms with Gasteiger partial charge in [-0.25, -0.2) is 4.39 Å². The van der Waals surface area contributed by atoms with E-state index < -0.39 is 12.0 Å². The number of carbonyl (C=O) groups excluding carboxylic acids is 1. The van der Waals surface area contributed by atoms with E-state index in [9.17, 15) is 19.1 Å². The average molecular weight is 362 g/mol. The lowest BCUT2D eigenvalue weighted by Crippen LogP contribution is -2.48. The summed E-state index contributed by atoms with van der Waals surface area (Å²) in [4.78, 5) is 28.1. The topological polar surface area (TPSA) is 60.9 Å². The number of rotatable bonds is 5. The van der Waals surface area contributed by atoms with Gasteiger partial charge in [0.05, 0.1) is 12.6 Å². The molecule has 0 radical (unpaired) electrons. The van der Waals surface area contributed by atoms with Gasteiger partial charge in [0.1, 0.15) is 11.9 Å². The summed E-state index contributed by atoms with van der Waals surface area (Å²) in [6, 6.07) is 5.56. The summed E-state index contributed by atoms with van der Waals surface area (Å²) in [7, 11) is 1.72. The zero-order chi connectivity index (χ0) is 18.8. The molecule has 0 aromatic heterocycles. The summed E-state index contributed by atoms with van der Waals surface area (Å²) in [5.41, 5.74) is 0.856. The van der Waals surface area contributed by atoms with Crippen LogP contribution in [-0.2, 0) is 9.59 Å². The fourth-order valence-corrected chi connectivity index (χ4v) is 4.47. The Labute approximate surface area is 153 Å². The zero-order valence-electron chi connectivity index (χ0n) is 15.4. The van der Waals surface area contributed by atoms with Gasteiger partial charge < -0.3 is 10.0 Å². The molecule has 1 saturated carbocycles. The molecule has 1 N–H and O–H groups in total. The maximum Gasteiger partial charge on any atom is 0.320 e. The number of likely N-dealkylation sites (N-methyl/N-ethyl adjacent to an activating group) is 1. The van der Waals surface area contributed by atoms with E-state index in [4.69, 9.17) is 0 Å². The van der Waals surface area contributed by atoms with Crippen molar-refractivity contribution in [1.82, 2.24) is 9.80 Å². The Bertz CT molecular complexity index is 664. The number of nitrogens with zero attached hydrogens (tertiary/aromatic N) is 2. The summed E-state index contributed by atoms with van der Waals surface area (Å²) in [5.74, 6) is -0.849. The van der Waals surface area contributed by atoms with Crippen molar-refractivity contribution >= 4 is 11.9 Å². The maximum absolute atomic E-state index is 13.1. The minimum atomic E-state index is -0.832. The van der Waals surface area contributed by atoms with E-state index in [1.807, 2.05) is 11.8 Å². The molecule has 0 bridgehead atoms. The zero-order valence-corrected chi connectivity index (χ0v) is 15.4. The summed E-state index contributed by atoms with van der Waals surface area (Å²) in [5, 5.41) is 9.59. The third-order valence-corrected chi connectivity index (χ3v) is 6.15. The lowest BCUT2D eigenvalue weighted by atomic mass is 9.85. The molecule has 1 aromatic rings. The number of hydrogen-bond acceptors (Lipinski definition) is 3. The van der Waals surface area contributed by atoms with Gasteiger partial charge in [-0.2, -0.15) is 0 Å². The molecule has 1 aromatic carbocycles. The van der Waals surface area contributed by atoms with Crippen molar-refractivity contribution in [2.24, 2.45) is 5.92 Å². The molecule has 1 saturated heterocycles. The molecular formula is C20H27FN2O3. The molecule has 2 aliphatic rings. The SMILES string of the molecule is CC(c1ccc(F)cc1)N(C)C(=O)CN1C(C(=O)O)CC2CCCCC21. The first-order valence-electron chi connectivity index (χ1n) is 9.38. The number of fused-ring (bicyclic) bond motifs is 1. The molecule has 3 rings (SSSR count). The van der Waals surface area contributed by atoms with E-state index in [0.29, 0.717) is 12.3 Å². The number of benzene rings is 1. The predicted octanol–water partition coefficient (Wildman–Crippen LogP) is 3.06. The third-order valence-electron chi connectivity index (χ3n) is 6.15. The van der Waals surface area contributed by atoms with Crippen LogP contribution in [0.2, 0.25) is 0 Å². The van der Waals surface area contributed by atoms with Crippen molar-refractivity contribution in [3.63, 3.8) is 0 Å². The molecule has 5 nitrogen and oxygen atoms in total. The maximum atomic E-state index is 13.1. The lowest BCUT2D eigenvalue weighted by molar-refractivity contribution is -0.144. The fourth-order valence-electron chi connectivity index (χ4n) is 4.47. The van der Waals surface area contributed by atoms with Crippen LogP contribution in [0.15, 0.2) is 24.3 Å². The third kappa shape index (κ3) is 3.75. The highest BCUT2D eigenvalue weighted by molar-refractivity contribution is 5.80. The number of carboxylic acids is 1.